The number of para-hydroxylation sites is 2. The van der Waals surface area contributed by atoms with E-state index in [2.05, 4.69) is 27.5 Å². The summed E-state index contributed by atoms with van der Waals surface area (Å²) in [5.41, 5.74) is 1.23. The Bertz CT molecular complexity index is 523. The number of hydrogen-bond acceptors (Lipinski definition) is 4. The fraction of sp³-hybridized carbons (Fsp3) is 0.588. The lowest BCUT2D eigenvalue weighted by Crippen LogP contribution is -2.50. The summed E-state index contributed by atoms with van der Waals surface area (Å²) >= 11 is 0. The Morgan fingerprint density at radius 3 is 2.52 bits per heavy atom. The predicted molar refractivity (Wildman–Crippen MR) is 94.1 cm³/mol. The highest BCUT2D eigenvalue weighted by Gasteiger charge is 2.24. The van der Waals surface area contributed by atoms with Crippen molar-refractivity contribution in [2.24, 2.45) is 0 Å². The summed E-state index contributed by atoms with van der Waals surface area (Å²) in [6.45, 7) is 7.60. The van der Waals surface area contributed by atoms with E-state index in [0.717, 1.165) is 37.6 Å². The number of aliphatic hydroxyl groups is 1. The summed E-state index contributed by atoms with van der Waals surface area (Å²) in [6, 6.07) is 7.56. The average molecular weight is 320 g/mol. The van der Waals surface area contributed by atoms with Crippen molar-refractivity contribution < 1.29 is 9.90 Å². The van der Waals surface area contributed by atoms with Gasteiger partial charge in [-0.15, -0.1) is 0 Å². The second kappa shape index (κ2) is 7.66. The van der Waals surface area contributed by atoms with Crippen molar-refractivity contribution in [2.75, 3.05) is 50.1 Å². The van der Waals surface area contributed by atoms with Gasteiger partial charge in [-0.05, 0) is 32.5 Å². The van der Waals surface area contributed by atoms with Crippen molar-refractivity contribution in [1.29, 1.82) is 0 Å². The van der Waals surface area contributed by atoms with Crippen molar-refractivity contribution in [3.05, 3.63) is 24.3 Å². The van der Waals surface area contributed by atoms with Gasteiger partial charge in [0.15, 0.2) is 0 Å². The van der Waals surface area contributed by atoms with Crippen LogP contribution in [0.3, 0.4) is 0 Å². The lowest BCUT2D eigenvalue weighted by molar-refractivity contribution is 0.172. The molecule has 2 amide bonds. The second-order valence-corrected chi connectivity index (χ2v) is 6.46. The number of benzene rings is 1. The van der Waals surface area contributed by atoms with Crippen molar-refractivity contribution in [3.63, 3.8) is 0 Å². The molecule has 0 spiro atoms. The molecule has 1 unspecified atom stereocenters. The molecule has 6 nitrogen and oxygen atoms in total. The highest BCUT2D eigenvalue weighted by molar-refractivity contribution is 5.93. The van der Waals surface area contributed by atoms with Crippen LogP contribution in [0, 0.1) is 0 Å². The summed E-state index contributed by atoms with van der Waals surface area (Å²) in [5.74, 6) is 0. The molecule has 1 atom stereocenters. The number of aliphatic hydroxyl groups excluding tert-OH is 1. The molecular weight excluding hydrogens is 292 g/mol. The van der Waals surface area contributed by atoms with Crippen LogP contribution in [0.15, 0.2) is 24.3 Å². The number of nitrogens with one attached hydrogen (secondary N) is 2. The van der Waals surface area contributed by atoms with Crippen LogP contribution >= 0.6 is 0 Å². The van der Waals surface area contributed by atoms with Gasteiger partial charge in [0.1, 0.15) is 0 Å². The third-order valence-electron chi connectivity index (χ3n) is 4.54. The maximum Gasteiger partial charge on any atom is 0.319 e. The molecule has 1 heterocycles. The molecule has 3 N–H and O–H groups in total. The highest BCUT2D eigenvalue weighted by Crippen LogP contribution is 2.26. The van der Waals surface area contributed by atoms with Crippen molar-refractivity contribution in [1.82, 2.24) is 10.2 Å². The molecule has 1 aromatic carbocycles. The van der Waals surface area contributed by atoms with Crippen LogP contribution in [0.4, 0.5) is 16.2 Å². The number of amides is 2. The summed E-state index contributed by atoms with van der Waals surface area (Å²) in [6.07, 6.45) is 0.664. The molecule has 6 heteroatoms. The Morgan fingerprint density at radius 1 is 1.26 bits per heavy atom. The zero-order valence-corrected chi connectivity index (χ0v) is 14.3. The first-order chi connectivity index (χ1) is 11.0. The Kier molecular flexibility index (Phi) is 5.85. The number of likely N-dealkylation sites (N-methyl/N-ethyl adjacent to an activating group) is 1. The number of carbonyl (C=O) groups is 1. The van der Waals surface area contributed by atoms with E-state index in [0.29, 0.717) is 6.42 Å². The first-order valence-corrected chi connectivity index (χ1v) is 8.20. The number of anilines is 2. The smallest absolute Gasteiger partial charge is 0.319 e. The van der Waals surface area contributed by atoms with Crippen LogP contribution in [0.1, 0.15) is 20.3 Å². The van der Waals surface area contributed by atoms with Crippen LogP contribution in [0.2, 0.25) is 0 Å². The molecule has 1 aliphatic rings. The van der Waals surface area contributed by atoms with Crippen molar-refractivity contribution in [3.8, 4) is 0 Å². The molecule has 1 aromatic rings. The van der Waals surface area contributed by atoms with Crippen molar-refractivity contribution >= 4 is 17.4 Å². The summed E-state index contributed by atoms with van der Waals surface area (Å²) in [5, 5.41) is 15.2. The van der Waals surface area contributed by atoms with E-state index in [9.17, 15) is 9.90 Å². The molecule has 0 bridgehead atoms. The Morgan fingerprint density at radius 2 is 1.91 bits per heavy atom. The Balaban J connectivity index is 2.07. The number of urea groups is 1. The summed E-state index contributed by atoms with van der Waals surface area (Å²) in [4.78, 5) is 16.9. The zero-order chi connectivity index (χ0) is 16.9. The fourth-order valence-corrected chi connectivity index (χ4v) is 2.57. The maximum atomic E-state index is 12.3. The van der Waals surface area contributed by atoms with E-state index in [1.165, 1.54) is 0 Å². The average Bonchev–Trinajstić information content (AvgIpc) is 2.56. The third kappa shape index (κ3) is 4.59. The first kappa shape index (κ1) is 17.6. The Labute approximate surface area is 138 Å². The minimum Gasteiger partial charge on any atom is -0.394 e. The number of piperazine rings is 1. The van der Waals surface area contributed by atoms with Gasteiger partial charge < -0.3 is 25.5 Å². The molecule has 128 valence electrons. The molecule has 23 heavy (non-hydrogen) atoms. The molecule has 0 aromatic heterocycles. The molecule has 0 radical (unpaired) electrons. The highest BCUT2D eigenvalue weighted by atomic mass is 16.3. The van der Waals surface area contributed by atoms with Crippen LogP contribution < -0.4 is 15.5 Å². The van der Waals surface area contributed by atoms with Gasteiger partial charge >= 0.3 is 6.03 Å². The van der Waals surface area contributed by atoms with Gasteiger partial charge in [0.2, 0.25) is 0 Å². The maximum absolute atomic E-state index is 12.3. The van der Waals surface area contributed by atoms with E-state index < -0.39 is 5.54 Å². The van der Waals surface area contributed by atoms with Crippen molar-refractivity contribution in [2.45, 2.75) is 25.8 Å². The molecular formula is C17H28N4O2. The minimum atomic E-state index is -0.604. The van der Waals surface area contributed by atoms with Gasteiger partial charge in [0, 0.05) is 26.2 Å². The number of rotatable bonds is 5. The standard InChI is InChI=1S/C17H28N4O2/c1-4-17(2,13-22)19-16(23)18-14-7-5-6-8-15(14)21-11-9-20(3)10-12-21/h5-8,22H,4,9-13H2,1-3H3,(H2,18,19,23). The van der Waals surface area contributed by atoms with Gasteiger partial charge in [-0.25, -0.2) is 4.79 Å². The second-order valence-electron chi connectivity index (χ2n) is 6.46. The van der Waals surface area contributed by atoms with Crippen LogP contribution in [-0.4, -0.2) is 61.4 Å². The zero-order valence-electron chi connectivity index (χ0n) is 14.3. The Hall–Kier alpha value is -1.79. The molecule has 1 saturated heterocycles. The molecule has 0 saturated carbocycles. The fourth-order valence-electron chi connectivity index (χ4n) is 2.57. The van der Waals surface area contributed by atoms with Gasteiger partial charge in [-0.3, -0.25) is 0 Å². The quantitative estimate of drug-likeness (QED) is 0.773. The van der Waals surface area contributed by atoms with E-state index >= 15 is 0 Å². The van der Waals surface area contributed by atoms with Gasteiger partial charge in [0.05, 0.1) is 23.5 Å². The number of carbonyl (C=O) groups excluding carboxylic acids is 1. The lowest BCUT2D eigenvalue weighted by Gasteiger charge is -2.35. The summed E-state index contributed by atoms with van der Waals surface area (Å²) < 4.78 is 0. The van der Waals surface area contributed by atoms with Gasteiger partial charge in [0.25, 0.3) is 0 Å². The minimum absolute atomic E-state index is 0.0863. The van der Waals surface area contributed by atoms with Gasteiger partial charge in [-0.2, -0.15) is 0 Å². The normalized spacial score (nSPS) is 18.3. The van der Waals surface area contributed by atoms with E-state index in [-0.39, 0.29) is 12.6 Å². The predicted octanol–water partition coefficient (Wildman–Crippen LogP) is 1.72. The monoisotopic (exact) mass is 320 g/mol. The van der Waals surface area contributed by atoms with E-state index in [4.69, 9.17) is 0 Å². The van der Waals surface area contributed by atoms with E-state index in [1.54, 1.807) is 0 Å². The van der Waals surface area contributed by atoms with Crippen LogP contribution in [-0.2, 0) is 0 Å². The van der Waals surface area contributed by atoms with E-state index in [1.807, 2.05) is 38.1 Å². The first-order valence-electron chi connectivity index (χ1n) is 8.20. The molecule has 1 aliphatic heterocycles. The van der Waals surface area contributed by atoms with Gasteiger partial charge in [-0.1, -0.05) is 19.1 Å². The molecule has 0 aliphatic carbocycles. The number of nitrogens with zero attached hydrogens (tertiary/aromatic N) is 2. The van der Waals surface area contributed by atoms with Crippen LogP contribution in [0.25, 0.3) is 0 Å². The lowest BCUT2D eigenvalue weighted by atomic mass is 10.0. The summed E-state index contributed by atoms with van der Waals surface area (Å²) in [7, 11) is 2.12. The largest absolute Gasteiger partial charge is 0.394 e. The third-order valence-corrected chi connectivity index (χ3v) is 4.54. The topological polar surface area (TPSA) is 67.8 Å². The van der Waals surface area contributed by atoms with Crippen LogP contribution in [0.5, 0.6) is 0 Å². The molecule has 1 fully saturated rings. The number of hydrogen-bond donors (Lipinski definition) is 3. The molecule has 2 rings (SSSR count). The SMILES string of the molecule is CCC(C)(CO)NC(=O)Nc1ccccc1N1CCN(C)CC1.